The van der Waals surface area contributed by atoms with Crippen LogP contribution >= 0.6 is 0 Å². The van der Waals surface area contributed by atoms with Gasteiger partial charge in [0.25, 0.3) is 0 Å². The molecule has 0 radical (unpaired) electrons. The summed E-state index contributed by atoms with van der Waals surface area (Å²) in [5, 5.41) is 4.72. The molecule has 21 heavy (non-hydrogen) atoms. The molecule has 3 rings (SSSR count). The normalized spacial score (nSPS) is 11.6. The summed E-state index contributed by atoms with van der Waals surface area (Å²) in [7, 11) is 0. The molecule has 0 unspecified atom stereocenters. The summed E-state index contributed by atoms with van der Waals surface area (Å²) in [5.74, 6) is 0.672. The fourth-order valence-corrected chi connectivity index (χ4v) is 2.63. The van der Waals surface area contributed by atoms with E-state index in [1.165, 1.54) is 16.5 Å². The Morgan fingerprint density at radius 3 is 2.90 bits per heavy atom. The van der Waals surface area contributed by atoms with Gasteiger partial charge in [0.05, 0.1) is 6.20 Å². The highest BCUT2D eigenvalue weighted by molar-refractivity contribution is 5.87. The molecule has 1 aromatic carbocycles. The minimum atomic E-state index is 0.518. The van der Waals surface area contributed by atoms with Crippen molar-refractivity contribution in [1.29, 1.82) is 0 Å². The third-order valence-electron chi connectivity index (χ3n) is 3.66. The third-order valence-corrected chi connectivity index (χ3v) is 3.66. The molecule has 2 heterocycles. The highest BCUT2D eigenvalue weighted by Crippen LogP contribution is 2.26. The van der Waals surface area contributed by atoms with Crippen LogP contribution in [-0.4, -0.2) is 22.1 Å². The molecular formula is C17H21N3O. The van der Waals surface area contributed by atoms with Gasteiger partial charge in [0.2, 0.25) is 5.89 Å². The highest BCUT2D eigenvalue weighted by Gasteiger charge is 2.09. The van der Waals surface area contributed by atoms with Crippen molar-refractivity contribution in [2.24, 2.45) is 0 Å². The van der Waals surface area contributed by atoms with Crippen LogP contribution in [-0.2, 0) is 6.54 Å². The maximum absolute atomic E-state index is 5.38. The van der Waals surface area contributed by atoms with Gasteiger partial charge in [-0.05, 0) is 30.7 Å². The Morgan fingerprint density at radius 2 is 2.19 bits per heavy atom. The number of benzene rings is 1. The molecule has 4 nitrogen and oxygen atoms in total. The summed E-state index contributed by atoms with van der Waals surface area (Å²) >= 11 is 0. The van der Waals surface area contributed by atoms with E-state index in [0.29, 0.717) is 11.9 Å². The van der Waals surface area contributed by atoms with Crippen molar-refractivity contribution in [3.05, 3.63) is 42.4 Å². The predicted molar refractivity (Wildman–Crippen MR) is 85.3 cm³/mol. The van der Waals surface area contributed by atoms with Crippen LogP contribution in [0.5, 0.6) is 0 Å². The molecule has 110 valence electrons. The molecule has 3 aromatic rings. The average Bonchev–Trinajstić information content (AvgIpc) is 3.08. The van der Waals surface area contributed by atoms with Crippen LogP contribution in [0.3, 0.4) is 0 Å². The zero-order valence-electron chi connectivity index (χ0n) is 12.8. The fourth-order valence-electron chi connectivity index (χ4n) is 2.63. The summed E-state index contributed by atoms with van der Waals surface area (Å²) in [5.41, 5.74) is 3.56. The molecule has 0 aliphatic carbocycles. The van der Waals surface area contributed by atoms with Gasteiger partial charge in [-0.2, -0.15) is 0 Å². The molecule has 0 fully saturated rings. The van der Waals surface area contributed by atoms with Gasteiger partial charge in [-0.3, -0.25) is 0 Å². The first-order valence-corrected chi connectivity index (χ1v) is 7.38. The van der Waals surface area contributed by atoms with Gasteiger partial charge in [0.1, 0.15) is 6.26 Å². The lowest BCUT2D eigenvalue weighted by atomic mass is 10.1. The van der Waals surface area contributed by atoms with Crippen molar-refractivity contribution in [3.8, 4) is 11.5 Å². The Labute approximate surface area is 124 Å². The molecule has 0 amide bonds. The summed E-state index contributed by atoms with van der Waals surface area (Å²) < 4.78 is 7.68. The smallest absolute Gasteiger partial charge is 0.225 e. The molecule has 0 bridgehead atoms. The van der Waals surface area contributed by atoms with Crippen LogP contribution in [0.2, 0.25) is 0 Å². The van der Waals surface area contributed by atoms with E-state index in [-0.39, 0.29) is 0 Å². The number of hydrogen-bond donors (Lipinski definition) is 1. The van der Waals surface area contributed by atoms with E-state index >= 15 is 0 Å². The van der Waals surface area contributed by atoms with Gasteiger partial charge in [-0.15, -0.1) is 0 Å². The number of aryl methyl sites for hydroxylation is 1. The van der Waals surface area contributed by atoms with Gasteiger partial charge in [0, 0.05) is 41.8 Å². The maximum atomic E-state index is 5.38. The van der Waals surface area contributed by atoms with Crippen molar-refractivity contribution in [3.63, 3.8) is 0 Å². The lowest BCUT2D eigenvalue weighted by Gasteiger charge is -2.09. The highest BCUT2D eigenvalue weighted by atomic mass is 16.3. The first-order valence-electron chi connectivity index (χ1n) is 7.38. The molecule has 0 aliphatic heterocycles. The van der Waals surface area contributed by atoms with E-state index in [1.807, 2.05) is 0 Å². The second-order valence-corrected chi connectivity index (χ2v) is 5.68. The van der Waals surface area contributed by atoms with Crippen molar-refractivity contribution in [2.75, 3.05) is 6.54 Å². The van der Waals surface area contributed by atoms with Crippen LogP contribution in [0, 0.1) is 6.92 Å². The van der Waals surface area contributed by atoms with E-state index in [1.54, 1.807) is 12.5 Å². The first-order chi connectivity index (χ1) is 10.1. The van der Waals surface area contributed by atoms with Crippen molar-refractivity contribution in [1.82, 2.24) is 14.9 Å². The quantitative estimate of drug-likeness (QED) is 0.778. The van der Waals surface area contributed by atoms with Gasteiger partial charge in [0.15, 0.2) is 0 Å². The van der Waals surface area contributed by atoms with Crippen LogP contribution < -0.4 is 5.32 Å². The molecule has 0 saturated carbocycles. The van der Waals surface area contributed by atoms with Crippen LogP contribution in [0.4, 0.5) is 0 Å². The van der Waals surface area contributed by atoms with Gasteiger partial charge < -0.3 is 14.3 Å². The lowest BCUT2D eigenvalue weighted by molar-refractivity contribution is 0.547. The van der Waals surface area contributed by atoms with Crippen molar-refractivity contribution in [2.45, 2.75) is 33.4 Å². The van der Waals surface area contributed by atoms with Crippen LogP contribution in [0.1, 0.15) is 19.4 Å². The first kappa shape index (κ1) is 13.9. The number of oxazole rings is 1. The number of nitrogens with one attached hydrogen (secondary N) is 1. The molecule has 0 spiro atoms. The Morgan fingerprint density at radius 1 is 1.33 bits per heavy atom. The number of aromatic nitrogens is 2. The topological polar surface area (TPSA) is 43.0 Å². The SMILES string of the molecule is Cc1cn(CCNC(C)C)c2ccc(-c3ncco3)cc12. The summed E-state index contributed by atoms with van der Waals surface area (Å²) in [6.07, 6.45) is 5.50. The minimum absolute atomic E-state index is 0.518. The van der Waals surface area contributed by atoms with E-state index in [2.05, 4.69) is 60.0 Å². The molecule has 1 N–H and O–H groups in total. The molecule has 4 heteroatoms. The zero-order chi connectivity index (χ0) is 14.8. The standard InChI is InChI=1S/C17H21N3O/c1-12(2)18-6-8-20-11-13(3)15-10-14(4-5-16(15)20)17-19-7-9-21-17/h4-5,7,9-12,18H,6,8H2,1-3H3. The molecule has 0 aliphatic rings. The van der Waals surface area contributed by atoms with E-state index in [0.717, 1.165) is 18.7 Å². The summed E-state index contributed by atoms with van der Waals surface area (Å²) in [4.78, 5) is 4.22. The Bertz CT molecular complexity index is 726. The summed E-state index contributed by atoms with van der Waals surface area (Å²) in [6, 6.07) is 6.89. The maximum Gasteiger partial charge on any atom is 0.225 e. The monoisotopic (exact) mass is 283 g/mol. The fraction of sp³-hybridized carbons (Fsp3) is 0.353. The van der Waals surface area contributed by atoms with E-state index in [9.17, 15) is 0 Å². The van der Waals surface area contributed by atoms with E-state index in [4.69, 9.17) is 4.42 Å². The average molecular weight is 283 g/mol. The van der Waals surface area contributed by atoms with Gasteiger partial charge in [-0.25, -0.2) is 4.98 Å². The number of nitrogens with zero attached hydrogens (tertiary/aromatic N) is 2. The predicted octanol–water partition coefficient (Wildman–Crippen LogP) is 3.60. The molecule has 0 saturated heterocycles. The van der Waals surface area contributed by atoms with Crippen LogP contribution in [0.15, 0.2) is 41.3 Å². The number of rotatable bonds is 5. The van der Waals surface area contributed by atoms with Gasteiger partial charge in [-0.1, -0.05) is 13.8 Å². The third kappa shape index (κ3) is 2.85. The number of hydrogen-bond acceptors (Lipinski definition) is 3. The second kappa shape index (κ2) is 5.74. The van der Waals surface area contributed by atoms with E-state index < -0.39 is 0 Å². The van der Waals surface area contributed by atoms with Gasteiger partial charge >= 0.3 is 0 Å². The Balaban J connectivity index is 1.91. The minimum Gasteiger partial charge on any atom is -0.445 e. The zero-order valence-corrected chi connectivity index (χ0v) is 12.8. The second-order valence-electron chi connectivity index (χ2n) is 5.68. The van der Waals surface area contributed by atoms with Crippen molar-refractivity contribution >= 4 is 10.9 Å². The molecule has 2 aromatic heterocycles. The number of fused-ring (bicyclic) bond motifs is 1. The molecular weight excluding hydrogens is 262 g/mol. The lowest BCUT2D eigenvalue weighted by Crippen LogP contribution is -2.26. The Hall–Kier alpha value is -2.07. The van der Waals surface area contributed by atoms with Crippen LogP contribution in [0.25, 0.3) is 22.4 Å². The van der Waals surface area contributed by atoms with Crippen molar-refractivity contribution < 1.29 is 4.42 Å². The largest absolute Gasteiger partial charge is 0.445 e. The summed E-state index contributed by atoms with van der Waals surface area (Å²) in [6.45, 7) is 8.43. The molecule has 0 atom stereocenters. The Kier molecular flexibility index (Phi) is 3.80.